The largest absolute Gasteiger partial charge is 0.396 e. The molecule has 3 aromatic carbocycles. The van der Waals surface area contributed by atoms with Gasteiger partial charge in [-0.15, -0.1) is 0 Å². The molecule has 27 heavy (non-hydrogen) atoms. The van der Waals surface area contributed by atoms with E-state index < -0.39 is 5.60 Å². The fourth-order valence-electron chi connectivity index (χ4n) is 2.96. The highest BCUT2D eigenvalue weighted by molar-refractivity contribution is 9.09. The number of rotatable bonds is 7. The van der Waals surface area contributed by atoms with Crippen molar-refractivity contribution >= 4 is 31.9 Å². The van der Waals surface area contributed by atoms with E-state index >= 15 is 0 Å². The zero-order chi connectivity index (χ0) is 19.4. The van der Waals surface area contributed by atoms with Crippen molar-refractivity contribution in [3.8, 4) is 0 Å². The van der Waals surface area contributed by atoms with E-state index in [1.165, 1.54) is 0 Å². The van der Waals surface area contributed by atoms with Crippen LogP contribution in [0.15, 0.2) is 91.0 Å². The number of benzene rings is 3. The Bertz CT molecular complexity index is 650. The molecule has 0 radical (unpaired) electrons. The topological polar surface area (TPSA) is 29.5 Å². The van der Waals surface area contributed by atoms with E-state index in [-0.39, 0.29) is 6.61 Å². The molecule has 0 saturated heterocycles. The Balaban J connectivity index is 0.000000596. The van der Waals surface area contributed by atoms with Crippen LogP contribution >= 0.6 is 31.9 Å². The summed E-state index contributed by atoms with van der Waals surface area (Å²) < 4.78 is 6.49. The molecule has 3 aromatic rings. The van der Waals surface area contributed by atoms with Gasteiger partial charge in [-0.1, -0.05) is 123 Å². The van der Waals surface area contributed by atoms with Gasteiger partial charge in [0.2, 0.25) is 0 Å². The number of halogens is 2. The smallest absolute Gasteiger partial charge is 0.143 e. The summed E-state index contributed by atoms with van der Waals surface area (Å²) in [6, 6.07) is 31.3. The number of hydrogen-bond donors (Lipinski definition) is 1. The Kier molecular flexibility index (Phi) is 9.78. The zero-order valence-electron chi connectivity index (χ0n) is 15.1. The molecule has 0 fully saturated rings. The quantitative estimate of drug-likeness (QED) is 0.336. The van der Waals surface area contributed by atoms with Crippen molar-refractivity contribution in [2.75, 3.05) is 23.9 Å². The van der Waals surface area contributed by atoms with E-state index in [2.05, 4.69) is 105 Å². The fraction of sp³-hybridized carbons (Fsp3) is 0.217. The molecular formula is C23H24Br2O2. The molecule has 0 bridgehead atoms. The van der Waals surface area contributed by atoms with Crippen molar-refractivity contribution in [2.24, 2.45) is 0 Å². The van der Waals surface area contributed by atoms with Gasteiger partial charge < -0.3 is 9.84 Å². The van der Waals surface area contributed by atoms with Gasteiger partial charge in [-0.05, 0) is 16.7 Å². The van der Waals surface area contributed by atoms with Crippen LogP contribution in [-0.4, -0.2) is 29.0 Å². The maximum absolute atomic E-state index is 7.83. The van der Waals surface area contributed by atoms with Gasteiger partial charge in [0.15, 0.2) is 0 Å². The molecule has 142 valence electrons. The standard InChI is InChI=1S/C21H19BrO.C2H5BrO/c22-16-17-23-21(18-10-4-1-5-11-18,19-12-6-2-7-13-19)20-14-8-3-9-15-20;3-1-2-4/h1-15H,16-17H2;4H,1-2H2. The second-order valence-electron chi connectivity index (χ2n) is 5.73. The zero-order valence-corrected chi connectivity index (χ0v) is 18.3. The van der Waals surface area contributed by atoms with Crippen molar-refractivity contribution < 1.29 is 9.84 Å². The summed E-state index contributed by atoms with van der Waals surface area (Å²) in [4.78, 5) is 0. The Morgan fingerprint density at radius 1 is 0.630 bits per heavy atom. The molecule has 0 spiro atoms. The molecule has 0 unspecified atom stereocenters. The lowest BCUT2D eigenvalue weighted by Gasteiger charge is -2.35. The first-order valence-corrected chi connectivity index (χ1v) is 11.1. The van der Waals surface area contributed by atoms with Gasteiger partial charge in [0.1, 0.15) is 5.60 Å². The molecule has 0 aromatic heterocycles. The molecule has 0 atom stereocenters. The van der Waals surface area contributed by atoms with E-state index in [0.717, 1.165) is 22.0 Å². The number of alkyl halides is 2. The average Bonchev–Trinajstić information content (AvgIpc) is 2.77. The van der Waals surface area contributed by atoms with E-state index in [4.69, 9.17) is 9.84 Å². The highest BCUT2D eigenvalue weighted by Gasteiger charge is 2.37. The van der Waals surface area contributed by atoms with Gasteiger partial charge in [-0.25, -0.2) is 0 Å². The summed E-state index contributed by atoms with van der Waals surface area (Å²) in [5, 5.41) is 9.31. The van der Waals surface area contributed by atoms with Crippen molar-refractivity contribution in [2.45, 2.75) is 5.60 Å². The van der Waals surface area contributed by atoms with Crippen molar-refractivity contribution in [1.82, 2.24) is 0 Å². The molecule has 0 heterocycles. The second kappa shape index (κ2) is 12.1. The molecule has 4 heteroatoms. The second-order valence-corrected chi connectivity index (χ2v) is 7.32. The van der Waals surface area contributed by atoms with E-state index in [0.29, 0.717) is 11.9 Å². The highest BCUT2D eigenvalue weighted by atomic mass is 79.9. The van der Waals surface area contributed by atoms with Gasteiger partial charge in [-0.2, -0.15) is 0 Å². The Morgan fingerprint density at radius 3 is 1.22 bits per heavy atom. The van der Waals surface area contributed by atoms with Crippen molar-refractivity contribution in [3.05, 3.63) is 108 Å². The number of ether oxygens (including phenoxy) is 1. The molecule has 2 nitrogen and oxygen atoms in total. The molecule has 0 aliphatic carbocycles. The summed E-state index contributed by atoms with van der Waals surface area (Å²) in [6.07, 6.45) is 0. The SMILES string of the molecule is BrCCOC(c1ccccc1)(c1ccccc1)c1ccccc1.OCCBr. The third-order valence-electron chi connectivity index (χ3n) is 4.02. The Hall–Kier alpha value is -1.46. The maximum atomic E-state index is 7.83. The van der Waals surface area contributed by atoms with Gasteiger partial charge >= 0.3 is 0 Å². The molecule has 1 N–H and O–H groups in total. The van der Waals surface area contributed by atoms with Crippen LogP contribution in [-0.2, 0) is 10.3 Å². The first-order valence-electron chi connectivity index (χ1n) is 8.83. The monoisotopic (exact) mass is 490 g/mol. The minimum Gasteiger partial charge on any atom is -0.396 e. The van der Waals surface area contributed by atoms with Gasteiger partial charge in [0.05, 0.1) is 13.2 Å². The fourth-order valence-corrected chi connectivity index (χ4v) is 3.12. The van der Waals surface area contributed by atoms with Crippen LogP contribution in [0.1, 0.15) is 16.7 Å². The predicted molar refractivity (Wildman–Crippen MR) is 120 cm³/mol. The maximum Gasteiger partial charge on any atom is 0.143 e. The first kappa shape index (κ1) is 21.8. The summed E-state index contributed by atoms with van der Waals surface area (Å²) in [5.41, 5.74) is 2.81. The lowest BCUT2D eigenvalue weighted by Crippen LogP contribution is -2.33. The van der Waals surface area contributed by atoms with Crippen LogP contribution in [0.4, 0.5) is 0 Å². The van der Waals surface area contributed by atoms with Crippen LogP contribution in [0.3, 0.4) is 0 Å². The number of aliphatic hydroxyl groups excluding tert-OH is 1. The normalized spacial score (nSPS) is 10.8. The lowest BCUT2D eigenvalue weighted by atomic mass is 9.80. The summed E-state index contributed by atoms with van der Waals surface area (Å²) in [7, 11) is 0. The van der Waals surface area contributed by atoms with Gasteiger partial charge in [-0.3, -0.25) is 0 Å². The number of hydrogen-bond acceptors (Lipinski definition) is 2. The predicted octanol–water partition coefficient (Wildman–Crippen LogP) is 5.76. The molecule has 0 amide bonds. The van der Waals surface area contributed by atoms with Crippen LogP contribution in [0.5, 0.6) is 0 Å². The van der Waals surface area contributed by atoms with Crippen LogP contribution in [0.2, 0.25) is 0 Å². The van der Waals surface area contributed by atoms with Crippen LogP contribution in [0, 0.1) is 0 Å². The molecular weight excluding hydrogens is 468 g/mol. The average molecular weight is 492 g/mol. The number of aliphatic hydroxyl groups is 1. The van der Waals surface area contributed by atoms with Crippen LogP contribution in [0.25, 0.3) is 0 Å². The third kappa shape index (κ3) is 5.76. The molecule has 0 saturated carbocycles. The summed E-state index contributed by atoms with van der Waals surface area (Å²) >= 11 is 6.49. The third-order valence-corrected chi connectivity index (χ3v) is 4.70. The van der Waals surface area contributed by atoms with Crippen LogP contribution < -0.4 is 0 Å². The van der Waals surface area contributed by atoms with Gasteiger partial charge in [0, 0.05) is 10.7 Å². The van der Waals surface area contributed by atoms with Crippen molar-refractivity contribution in [3.63, 3.8) is 0 Å². The summed E-state index contributed by atoms with van der Waals surface area (Å²) in [5.74, 6) is 0. The van der Waals surface area contributed by atoms with Crippen molar-refractivity contribution in [1.29, 1.82) is 0 Å². The molecule has 0 aliphatic heterocycles. The van der Waals surface area contributed by atoms with E-state index in [9.17, 15) is 0 Å². The summed E-state index contributed by atoms with van der Waals surface area (Å²) in [6.45, 7) is 0.860. The minimum absolute atomic E-state index is 0.236. The van der Waals surface area contributed by atoms with E-state index in [1.54, 1.807) is 0 Å². The molecule has 0 aliphatic rings. The lowest BCUT2D eigenvalue weighted by molar-refractivity contribution is 0.0237. The van der Waals surface area contributed by atoms with E-state index in [1.807, 2.05) is 18.2 Å². The minimum atomic E-state index is -0.600. The molecule has 3 rings (SSSR count). The highest BCUT2D eigenvalue weighted by Crippen LogP contribution is 2.40. The Labute approximate surface area is 178 Å². The van der Waals surface area contributed by atoms with Gasteiger partial charge in [0.25, 0.3) is 0 Å². The Morgan fingerprint density at radius 2 is 0.963 bits per heavy atom. The first-order chi connectivity index (χ1) is 13.3.